The number of carbonyl (C=O) groups excluding carboxylic acids is 2. The Morgan fingerprint density at radius 3 is 2.08 bits per heavy atom. The highest BCUT2D eigenvalue weighted by molar-refractivity contribution is 6.12. The summed E-state index contributed by atoms with van der Waals surface area (Å²) in [5.41, 5.74) is 0. The van der Waals surface area contributed by atoms with Crippen molar-refractivity contribution >= 4 is 24.2 Å². The Kier molecular flexibility index (Phi) is 5.90. The normalized spacial score (nSPS) is 8.50. The maximum absolute atomic E-state index is 10.3. The molecule has 0 aliphatic rings. The number of methoxy groups -OCH3 is 1. The van der Waals surface area contributed by atoms with Crippen LogP contribution in [0.1, 0.15) is 0 Å². The van der Waals surface area contributed by atoms with Gasteiger partial charge >= 0.3 is 12.3 Å². The highest BCUT2D eigenvalue weighted by Gasteiger charge is 2.03. The zero-order chi connectivity index (χ0) is 9.40. The number of ether oxygens (including phenoxy) is 3. The molecule has 0 radical (unpaired) electrons. The quantitative estimate of drug-likeness (QED) is 0.499. The van der Waals surface area contributed by atoms with Crippen molar-refractivity contribution in [3.05, 3.63) is 0 Å². The zero-order valence-electron chi connectivity index (χ0n) is 6.24. The zero-order valence-corrected chi connectivity index (χ0v) is 7.00. The minimum Gasteiger partial charge on any atom is -0.438 e. The number of hydrogen-bond donors (Lipinski definition) is 0. The van der Waals surface area contributed by atoms with E-state index in [0.717, 1.165) is 7.11 Å². The number of halogens is 1. The third-order valence-corrected chi connectivity index (χ3v) is 0.879. The fraction of sp³-hybridized carbons (Fsp3) is 0.600. The fourth-order valence-electron chi connectivity index (χ4n) is 0.331. The highest BCUT2D eigenvalue weighted by atomic mass is 35.5. The molecule has 0 aromatic heterocycles. The lowest BCUT2D eigenvalue weighted by molar-refractivity contribution is 0.0422. The van der Waals surface area contributed by atoms with Crippen LogP contribution in [0.5, 0.6) is 0 Å². The van der Waals surface area contributed by atoms with Crippen molar-refractivity contribution in [3.8, 4) is 0 Å². The van der Waals surface area contributed by atoms with Crippen LogP contribution in [0.3, 0.4) is 0 Å². The lowest BCUT2D eigenvalue weighted by Gasteiger charge is -2.02. The second-order valence-electron chi connectivity index (χ2n) is 1.48. The summed E-state index contributed by atoms with van der Waals surface area (Å²) in [4.78, 5) is 20.5. The summed E-state index contributed by atoms with van der Waals surface area (Å²) >= 11 is 4.61. The average molecular weight is 199 g/mol. The second kappa shape index (κ2) is 6.53. The summed E-state index contributed by atoms with van der Waals surface area (Å²) in [6.45, 7) is -0.251. The van der Waals surface area contributed by atoms with E-state index in [2.05, 4.69) is 30.4 Å². The Morgan fingerprint density at radius 2 is 1.67 bits per heavy atom. The molecule has 6 nitrogen and oxygen atoms in total. The van der Waals surface area contributed by atoms with E-state index in [1.165, 1.54) is 0 Å². The SMILES string of the molecule is COC(=O)OCCOC(=O)OCl. The molecule has 0 N–H and O–H groups in total. The van der Waals surface area contributed by atoms with Crippen LogP contribution < -0.4 is 0 Å². The van der Waals surface area contributed by atoms with Crippen LogP contribution >= 0.6 is 11.9 Å². The van der Waals surface area contributed by atoms with Gasteiger partial charge in [0.1, 0.15) is 25.1 Å². The molecule has 0 aromatic carbocycles. The molecule has 0 aliphatic carbocycles. The third kappa shape index (κ3) is 5.60. The molecule has 0 saturated heterocycles. The van der Waals surface area contributed by atoms with Crippen LogP contribution in [0.15, 0.2) is 0 Å². The average Bonchev–Trinajstić information content (AvgIpc) is 2.11. The first-order valence-corrected chi connectivity index (χ1v) is 3.17. The van der Waals surface area contributed by atoms with Gasteiger partial charge in [0.15, 0.2) is 0 Å². The second-order valence-corrected chi connectivity index (χ2v) is 1.63. The van der Waals surface area contributed by atoms with Gasteiger partial charge in [-0.3, -0.25) is 0 Å². The first kappa shape index (κ1) is 10.8. The van der Waals surface area contributed by atoms with Gasteiger partial charge in [0.25, 0.3) is 0 Å². The molecule has 0 bridgehead atoms. The molecule has 0 atom stereocenters. The predicted molar refractivity (Wildman–Crippen MR) is 36.6 cm³/mol. The smallest absolute Gasteiger partial charge is 0.438 e. The van der Waals surface area contributed by atoms with Gasteiger partial charge in [-0.05, 0) is 0 Å². The van der Waals surface area contributed by atoms with E-state index in [1.54, 1.807) is 0 Å². The Hall–Kier alpha value is -1.17. The van der Waals surface area contributed by atoms with Crippen LogP contribution in [0.4, 0.5) is 9.59 Å². The summed E-state index contributed by atoms with van der Waals surface area (Å²) in [5, 5.41) is 0. The largest absolute Gasteiger partial charge is 0.527 e. The first-order valence-electron chi connectivity index (χ1n) is 2.86. The van der Waals surface area contributed by atoms with Gasteiger partial charge in [-0.25, -0.2) is 9.59 Å². The Bertz CT molecular complexity index is 140. The van der Waals surface area contributed by atoms with Crippen LogP contribution in [-0.4, -0.2) is 32.6 Å². The van der Waals surface area contributed by atoms with E-state index < -0.39 is 12.3 Å². The summed E-state index contributed by atoms with van der Waals surface area (Å²) in [6, 6.07) is 0. The van der Waals surface area contributed by atoms with E-state index in [4.69, 9.17) is 0 Å². The van der Waals surface area contributed by atoms with Crippen molar-refractivity contribution in [2.45, 2.75) is 0 Å². The summed E-state index contributed by atoms with van der Waals surface area (Å²) in [6.07, 6.45) is -1.90. The maximum atomic E-state index is 10.3. The highest BCUT2D eigenvalue weighted by Crippen LogP contribution is 1.89. The molecule has 0 aromatic rings. The van der Waals surface area contributed by atoms with Crippen LogP contribution in [0.2, 0.25) is 0 Å². The van der Waals surface area contributed by atoms with Crippen LogP contribution in [0, 0.1) is 0 Å². The van der Waals surface area contributed by atoms with E-state index in [-0.39, 0.29) is 13.2 Å². The molecule has 0 rings (SSSR count). The van der Waals surface area contributed by atoms with Crippen molar-refractivity contribution in [2.75, 3.05) is 20.3 Å². The number of rotatable bonds is 3. The topological polar surface area (TPSA) is 71.1 Å². The van der Waals surface area contributed by atoms with Crippen molar-refractivity contribution in [1.82, 2.24) is 0 Å². The van der Waals surface area contributed by atoms with Gasteiger partial charge < -0.3 is 18.5 Å². The van der Waals surface area contributed by atoms with Crippen LogP contribution in [-0.2, 0) is 18.5 Å². The van der Waals surface area contributed by atoms with Gasteiger partial charge in [-0.1, -0.05) is 0 Å². The van der Waals surface area contributed by atoms with Gasteiger partial charge in [-0.2, -0.15) is 0 Å². The number of carbonyl (C=O) groups is 2. The van der Waals surface area contributed by atoms with E-state index in [0.29, 0.717) is 0 Å². The Balaban J connectivity index is 3.21. The van der Waals surface area contributed by atoms with Crippen molar-refractivity contribution in [1.29, 1.82) is 0 Å². The summed E-state index contributed by atoms with van der Waals surface area (Å²) < 4.78 is 16.4. The molecule has 0 amide bonds. The molecule has 0 saturated carbocycles. The minimum atomic E-state index is -1.05. The Labute approximate surface area is 73.5 Å². The van der Waals surface area contributed by atoms with Gasteiger partial charge in [0.05, 0.1) is 7.11 Å². The van der Waals surface area contributed by atoms with Crippen molar-refractivity contribution in [3.63, 3.8) is 0 Å². The lowest BCUT2D eigenvalue weighted by atomic mass is 10.8. The fourth-order valence-corrected chi connectivity index (χ4v) is 0.376. The maximum Gasteiger partial charge on any atom is 0.527 e. The standard InChI is InChI=1S/C5H7ClO6/c1-9-4(7)10-2-3-11-5(8)12-6/h2-3H2,1H3. The van der Waals surface area contributed by atoms with Gasteiger partial charge in [0.2, 0.25) is 0 Å². The molecule has 0 spiro atoms. The van der Waals surface area contributed by atoms with Crippen molar-refractivity contribution < 1.29 is 28.1 Å². The third-order valence-electron chi connectivity index (χ3n) is 0.753. The first-order chi connectivity index (χ1) is 5.70. The van der Waals surface area contributed by atoms with Crippen molar-refractivity contribution in [2.24, 2.45) is 0 Å². The molecular formula is C5H7ClO6. The number of hydrogen-bond acceptors (Lipinski definition) is 6. The molecule has 7 heteroatoms. The molecule has 0 heterocycles. The van der Waals surface area contributed by atoms with E-state index in [9.17, 15) is 9.59 Å². The van der Waals surface area contributed by atoms with E-state index in [1.807, 2.05) is 0 Å². The molecule has 0 fully saturated rings. The molecule has 12 heavy (non-hydrogen) atoms. The molecule has 0 unspecified atom stereocenters. The molecule has 70 valence electrons. The monoisotopic (exact) mass is 198 g/mol. The minimum absolute atomic E-state index is 0.112. The van der Waals surface area contributed by atoms with Crippen LogP contribution in [0.25, 0.3) is 0 Å². The molecular weight excluding hydrogens is 192 g/mol. The van der Waals surface area contributed by atoms with Gasteiger partial charge in [-0.15, -0.1) is 0 Å². The lowest BCUT2D eigenvalue weighted by Crippen LogP contribution is -2.12. The van der Waals surface area contributed by atoms with Gasteiger partial charge in [0, 0.05) is 0 Å². The van der Waals surface area contributed by atoms with E-state index >= 15 is 0 Å². The molecule has 0 aliphatic heterocycles. The summed E-state index contributed by atoms with van der Waals surface area (Å²) in [7, 11) is 1.16. The Morgan fingerprint density at radius 1 is 1.17 bits per heavy atom. The predicted octanol–water partition coefficient (Wildman–Crippen LogP) is 1.08. The summed E-state index contributed by atoms with van der Waals surface area (Å²) in [5.74, 6) is 0.